The van der Waals surface area contributed by atoms with Crippen LogP contribution in [0.2, 0.25) is 0 Å². The summed E-state index contributed by atoms with van der Waals surface area (Å²) in [6.45, 7) is 6.88. The summed E-state index contributed by atoms with van der Waals surface area (Å²) >= 11 is 0. The lowest BCUT2D eigenvalue weighted by Gasteiger charge is -2.31. The van der Waals surface area contributed by atoms with E-state index in [4.69, 9.17) is 0 Å². The second kappa shape index (κ2) is 11.8. The molecule has 0 saturated heterocycles. The highest BCUT2D eigenvalue weighted by Gasteiger charge is 2.27. The lowest BCUT2D eigenvalue weighted by molar-refractivity contribution is 0.591. The van der Waals surface area contributed by atoms with Crippen LogP contribution in [0.5, 0.6) is 0 Å². The molecule has 1 aliphatic heterocycles. The van der Waals surface area contributed by atoms with Crippen molar-refractivity contribution >= 4 is 60.7 Å². The highest BCUT2D eigenvalue weighted by Crippen LogP contribution is 2.50. The summed E-state index contributed by atoms with van der Waals surface area (Å²) in [5, 5.41) is 5.02. The molecule has 0 aliphatic carbocycles. The van der Waals surface area contributed by atoms with E-state index in [1.807, 2.05) is 0 Å². The first-order valence-electron chi connectivity index (χ1n) is 19.2. The van der Waals surface area contributed by atoms with Crippen LogP contribution in [0.25, 0.3) is 77.2 Å². The number of anilines is 3. The molecule has 0 saturated carbocycles. The topological polar surface area (TPSA) is 13.1 Å². The first kappa shape index (κ1) is 31.7. The average molecular weight is 706 g/mol. The van der Waals surface area contributed by atoms with Crippen LogP contribution in [0, 0.1) is 0 Å². The summed E-state index contributed by atoms with van der Waals surface area (Å²) in [7, 11) is 0. The third-order valence-corrected chi connectivity index (χ3v) is 11.6. The van der Waals surface area contributed by atoms with Gasteiger partial charge in [0.1, 0.15) is 0 Å². The minimum Gasteiger partial charge on any atom is -0.309 e. The molecule has 0 N–H and O–H groups in total. The molecule has 262 valence electrons. The first-order valence-corrected chi connectivity index (χ1v) is 19.2. The van der Waals surface area contributed by atoms with Gasteiger partial charge >= 0.3 is 0 Å². The number of nitrogens with zero attached hydrogens (tertiary/aromatic N) is 3. The fraction of sp³-hybridized carbons (Fsp3) is 0.0769. The van der Waals surface area contributed by atoms with E-state index >= 15 is 0 Å². The summed E-state index contributed by atoms with van der Waals surface area (Å²) in [6, 6.07) is 67.2. The van der Waals surface area contributed by atoms with Crippen LogP contribution in [-0.4, -0.2) is 9.13 Å². The van der Waals surface area contributed by atoms with Crippen LogP contribution in [0.1, 0.15) is 26.3 Å². The summed E-state index contributed by atoms with van der Waals surface area (Å²) in [5.41, 5.74) is 16.7. The van der Waals surface area contributed by atoms with E-state index < -0.39 is 0 Å². The number of benzene rings is 8. The second-order valence-electron chi connectivity index (χ2n) is 15.8. The molecule has 0 fully saturated rings. The third-order valence-electron chi connectivity index (χ3n) is 11.6. The van der Waals surface area contributed by atoms with Crippen molar-refractivity contribution in [2.45, 2.75) is 26.2 Å². The maximum atomic E-state index is 2.52. The van der Waals surface area contributed by atoms with E-state index in [2.05, 4.69) is 217 Å². The van der Waals surface area contributed by atoms with Gasteiger partial charge in [0.05, 0.1) is 39.1 Å². The summed E-state index contributed by atoms with van der Waals surface area (Å²) in [6.07, 6.45) is 0. The third kappa shape index (κ3) is 4.69. The Labute approximate surface area is 320 Å². The Morgan fingerprint density at radius 2 is 0.909 bits per heavy atom. The van der Waals surface area contributed by atoms with Crippen LogP contribution < -0.4 is 4.90 Å². The van der Waals surface area contributed by atoms with Crippen molar-refractivity contribution in [3.63, 3.8) is 0 Å². The summed E-state index contributed by atoms with van der Waals surface area (Å²) in [4.78, 5) is 2.44. The van der Waals surface area contributed by atoms with Gasteiger partial charge in [-0.15, -0.1) is 0 Å². The van der Waals surface area contributed by atoms with Crippen LogP contribution in [0.3, 0.4) is 0 Å². The zero-order chi connectivity index (χ0) is 36.8. The van der Waals surface area contributed by atoms with Gasteiger partial charge in [0.25, 0.3) is 0 Å². The number of para-hydroxylation sites is 6. The summed E-state index contributed by atoms with van der Waals surface area (Å²) < 4.78 is 4.97. The van der Waals surface area contributed by atoms with Crippen molar-refractivity contribution in [3.8, 4) is 33.6 Å². The Morgan fingerprint density at radius 1 is 0.345 bits per heavy atom. The molecule has 0 bridgehead atoms. The van der Waals surface area contributed by atoms with Crippen molar-refractivity contribution in [1.29, 1.82) is 0 Å². The van der Waals surface area contributed by atoms with Gasteiger partial charge in [-0.3, -0.25) is 0 Å². The zero-order valence-electron chi connectivity index (χ0n) is 31.2. The van der Waals surface area contributed by atoms with Crippen LogP contribution in [0.15, 0.2) is 182 Å². The molecule has 0 atom stereocenters. The normalized spacial score (nSPS) is 12.6. The largest absolute Gasteiger partial charge is 0.309 e. The van der Waals surface area contributed by atoms with Crippen molar-refractivity contribution in [3.05, 3.63) is 188 Å². The van der Waals surface area contributed by atoms with Crippen molar-refractivity contribution < 1.29 is 0 Å². The van der Waals surface area contributed by atoms with Crippen molar-refractivity contribution in [2.24, 2.45) is 0 Å². The Balaban J connectivity index is 1.27. The number of hydrogen-bond donors (Lipinski definition) is 0. The van der Waals surface area contributed by atoms with Gasteiger partial charge in [-0.1, -0.05) is 136 Å². The molecule has 10 aromatic rings. The highest BCUT2D eigenvalue weighted by molar-refractivity contribution is 6.17. The van der Waals surface area contributed by atoms with E-state index in [0.717, 1.165) is 28.4 Å². The lowest BCUT2D eigenvalue weighted by atomic mass is 9.86. The molecule has 1 aliphatic rings. The van der Waals surface area contributed by atoms with Crippen LogP contribution in [-0.2, 0) is 5.41 Å². The minimum atomic E-state index is 0.0592. The van der Waals surface area contributed by atoms with Crippen molar-refractivity contribution in [2.75, 3.05) is 4.90 Å². The maximum Gasteiger partial charge on any atom is 0.0703 e. The predicted octanol–water partition coefficient (Wildman–Crippen LogP) is 14.3. The van der Waals surface area contributed by atoms with E-state index in [9.17, 15) is 0 Å². The van der Waals surface area contributed by atoms with Crippen LogP contribution in [0.4, 0.5) is 17.1 Å². The molecular weight excluding hydrogens is 667 g/mol. The van der Waals surface area contributed by atoms with Crippen LogP contribution >= 0.6 is 0 Å². The molecule has 0 radical (unpaired) electrons. The molecular formula is C52H39N3. The van der Waals surface area contributed by atoms with Gasteiger partial charge in [-0.25, -0.2) is 0 Å². The molecule has 0 amide bonds. The molecule has 8 aromatic carbocycles. The predicted molar refractivity (Wildman–Crippen MR) is 233 cm³/mol. The Bertz CT molecular complexity index is 3140. The quantitative estimate of drug-likeness (QED) is 0.174. The van der Waals surface area contributed by atoms with Gasteiger partial charge in [0.15, 0.2) is 0 Å². The Kier molecular flexibility index (Phi) is 6.81. The SMILES string of the molecule is CC(C)(C)c1ccc2c(c1)c1ccccc1n2-c1ccc2c(c1)c1cccc3c1n2-c1ccccc1N(c1ccccc1)c1ccccc1-c1ccccc1-3. The molecule has 55 heavy (non-hydrogen) atoms. The van der Waals surface area contributed by atoms with E-state index in [-0.39, 0.29) is 5.41 Å². The number of hydrogen-bond acceptors (Lipinski definition) is 1. The minimum absolute atomic E-state index is 0.0592. The van der Waals surface area contributed by atoms with E-state index in [0.29, 0.717) is 0 Å². The monoisotopic (exact) mass is 705 g/mol. The van der Waals surface area contributed by atoms with E-state index in [1.165, 1.54) is 71.4 Å². The molecule has 3 heteroatoms. The first-order chi connectivity index (χ1) is 27.0. The smallest absolute Gasteiger partial charge is 0.0703 e. The molecule has 0 unspecified atom stereocenters. The number of aromatic nitrogens is 2. The molecule has 11 rings (SSSR count). The maximum absolute atomic E-state index is 2.52. The van der Waals surface area contributed by atoms with Gasteiger partial charge in [-0.05, 0) is 88.8 Å². The van der Waals surface area contributed by atoms with Gasteiger partial charge < -0.3 is 14.0 Å². The van der Waals surface area contributed by atoms with Gasteiger partial charge in [0.2, 0.25) is 0 Å². The Morgan fingerprint density at radius 3 is 1.71 bits per heavy atom. The van der Waals surface area contributed by atoms with E-state index in [1.54, 1.807) is 0 Å². The number of fused-ring (bicyclic) bond motifs is 12. The molecule has 3 nitrogen and oxygen atoms in total. The lowest BCUT2D eigenvalue weighted by Crippen LogP contribution is -2.14. The molecule has 0 spiro atoms. The summed E-state index contributed by atoms with van der Waals surface area (Å²) in [5.74, 6) is 0. The van der Waals surface area contributed by atoms with Gasteiger partial charge in [-0.2, -0.15) is 0 Å². The Hall–Kier alpha value is -6.84. The average Bonchev–Trinajstić information content (AvgIpc) is 3.73. The number of rotatable bonds is 2. The second-order valence-corrected chi connectivity index (χ2v) is 15.8. The molecule has 3 heterocycles. The highest BCUT2D eigenvalue weighted by atomic mass is 15.2. The molecule has 2 aromatic heterocycles. The fourth-order valence-electron chi connectivity index (χ4n) is 9.06. The fourth-order valence-corrected chi connectivity index (χ4v) is 9.06. The standard InChI is InChI=1S/C52H39N3/c1-52(2,3)34-28-30-47-43(32-34)40-21-10-12-25-46(40)54(47)36-29-31-48-44(33-36)42-23-15-22-41-38-19-8-7-18-37(38)39-20-9-11-24-45(39)53(35-16-5-4-6-17-35)49-26-13-14-27-50(49)55(48)51(41)42/h4-33H,1-3H3. The zero-order valence-corrected chi connectivity index (χ0v) is 31.2. The van der Waals surface area contributed by atoms with Gasteiger partial charge in [0, 0.05) is 44.0 Å². The van der Waals surface area contributed by atoms with Crippen molar-refractivity contribution in [1.82, 2.24) is 9.13 Å².